The Labute approximate surface area is 193 Å². The Hall–Kier alpha value is -3.14. The van der Waals surface area contributed by atoms with Crippen LogP contribution >= 0.6 is 22.6 Å². The molecule has 0 aromatic heterocycles. The molecule has 0 fully saturated rings. The molecule has 0 saturated heterocycles. The van der Waals surface area contributed by atoms with E-state index in [2.05, 4.69) is 38.4 Å². The zero-order chi connectivity index (χ0) is 22.1. The van der Waals surface area contributed by atoms with Crippen LogP contribution in [0.1, 0.15) is 11.1 Å². The molecule has 0 aliphatic heterocycles. The maximum absolute atomic E-state index is 12.9. The van der Waals surface area contributed by atoms with Gasteiger partial charge in [0.1, 0.15) is 12.4 Å². The van der Waals surface area contributed by atoms with E-state index in [9.17, 15) is 9.18 Å². The van der Waals surface area contributed by atoms with Crippen molar-refractivity contribution in [3.8, 4) is 11.5 Å². The van der Waals surface area contributed by atoms with E-state index in [-0.39, 0.29) is 18.3 Å². The van der Waals surface area contributed by atoms with E-state index in [1.54, 1.807) is 25.3 Å². The first-order valence-electron chi connectivity index (χ1n) is 9.41. The minimum absolute atomic E-state index is 0.0100. The topological polar surface area (TPSA) is 72.0 Å². The molecule has 2 N–H and O–H groups in total. The summed E-state index contributed by atoms with van der Waals surface area (Å²) >= 11 is 2.17. The van der Waals surface area contributed by atoms with Crippen LogP contribution in [0, 0.1) is 9.39 Å². The van der Waals surface area contributed by atoms with Gasteiger partial charge in [0, 0.05) is 5.69 Å². The summed E-state index contributed by atoms with van der Waals surface area (Å²) < 4.78 is 25.2. The fourth-order valence-electron chi connectivity index (χ4n) is 2.65. The Morgan fingerprint density at radius 3 is 2.58 bits per heavy atom. The number of benzene rings is 3. The van der Waals surface area contributed by atoms with E-state index in [4.69, 9.17) is 9.47 Å². The Morgan fingerprint density at radius 2 is 1.87 bits per heavy atom. The van der Waals surface area contributed by atoms with Gasteiger partial charge >= 0.3 is 0 Å². The minimum Gasteiger partial charge on any atom is -0.493 e. The summed E-state index contributed by atoms with van der Waals surface area (Å²) in [6, 6.07) is 19.3. The van der Waals surface area contributed by atoms with Gasteiger partial charge in [-0.25, -0.2) is 9.82 Å². The number of nitrogens with zero attached hydrogens (tertiary/aromatic N) is 1. The van der Waals surface area contributed by atoms with Gasteiger partial charge in [-0.15, -0.1) is 0 Å². The highest BCUT2D eigenvalue weighted by atomic mass is 127. The number of carbonyl (C=O) groups excluding carboxylic acids is 1. The number of halogens is 2. The van der Waals surface area contributed by atoms with Gasteiger partial charge in [0.2, 0.25) is 0 Å². The van der Waals surface area contributed by atoms with Crippen molar-refractivity contribution < 1.29 is 18.7 Å². The van der Waals surface area contributed by atoms with Crippen LogP contribution in [0.15, 0.2) is 71.8 Å². The number of rotatable bonds is 9. The summed E-state index contributed by atoms with van der Waals surface area (Å²) in [6.45, 7) is 0.438. The van der Waals surface area contributed by atoms with E-state index in [0.717, 1.165) is 14.7 Å². The van der Waals surface area contributed by atoms with E-state index in [1.165, 1.54) is 18.3 Å². The van der Waals surface area contributed by atoms with Gasteiger partial charge in [0.25, 0.3) is 5.91 Å². The van der Waals surface area contributed by atoms with Crippen LogP contribution in [0.25, 0.3) is 0 Å². The molecule has 0 bridgehead atoms. The molecule has 0 aliphatic rings. The minimum atomic E-state index is -0.332. The molecular weight excluding hydrogens is 512 g/mol. The van der Waals surface area contributed by atoms with E-state index >= 15 is 0 Å². The number of hydrogen-bond donors (Lipinski definition) is 2. The lowest BCUT2D eigenvalue weighted by atomic mass is 10.2. The van der Waals surface area contributed by atoms with Gasteiger partial charge in [0.15, 0.2) is 11.5 Å². The summed E-state index contributed by atoms with van der Waals surface area (Å²) in [6.07, 6.45) is 1.53. The van der Waals surface area contributed by atoms with E-state index in [0.29, 0.717) is 23.8 Å². The molecule has 3 rings (SSSR count). The molecule has 1 amide bonds. The normalized spacial score (nSPS) is 10.7. The molecule has 0 atom stereocenters. The highest BCUT2D eigenvalue weighted by Crippen LogP contribution is 2.34. The van der Waals surface area contributed by atoms with Crippen molar-refractivity contribution in [2.75, 3.05) is 19.0 Å². The third kappa shape index (κ3) is 6.95. The fourth-order valence-corrected chi connectivity index (χ4v) is 3.43. The van der Waals surface area contributed by atoms with Crippen LogP contribution in [0.5, 0.6) is 11.5 Å². The highest BCUT2D eigenvalue weighted by molar-refractivity contribution is 14.1. The highest BCUT2D eigenvalue weighted by Gasteiger charge is 2.11. The molecule has 3 aromatic rings. The average Bonchev–Trinajstić information content (AvgIpc) is 2.78. The van der Waals surface area contributed by atoms with Crippen molar-refractivity contribution in [1.82, 2.24) is 5.43 Å². The van der Waals surface area contributed by atoms with Crippen LogP contribution < -0.4 is 20.2 Å². The van der Waals surface area contributed by atoms with E-state index < -0.39 is 0 Å². The predicted molar refractivity (Wildman–Crippen MR) is 127 cm³/mol. The fraction of sp³-hybridized carbons (Fsp3) is 0.130. The van der Waals surface area contributed by atoms with Crippen molar-refractivity contribution in [1.29, 1.82) is 0 Å². The Balaban J connectivity index is 1.56. The number of hydrazone groups is 1. The van der Waals surface area contributed by atoms with Crippen LogP contribution in [-0.4, -0.2) is 25.8 Å². The largest absolute Gasteiger partial charge is 0.493 e. The molecule has 0 aliphatic carbocycles. The third-order valence-electron chi connectivity index (χ3n) is 4.18. The van der Waals surface area contributed by atoms with Crippen molar-refractivity contribution in [3.63, 3.8) is 0 Å². The number of carbonyl (C=O) groups is 1. The molecule has 6 nitrogen and oxygen atoms in total. The number of anilines is 1. The van der Waals surface area contributed by atoms with Crippen LogP contribution in [0.3, 0.4) is 0 Å². The molecule has 0 spiro atoms. The first kappa shape index (κ1) is 22.5. The first-order chi connectivity index (χ1) is 15.0. The maximum Gasteiger partial charge on any atom is 0.259 e. The number of nitrogens with one attached hydrogen (secondary N) is 2. The second-order valence-corrected chi connectivity index (χ2v) is 7.62. The molecule has 3 aromatic carbocycles. The van der Waals surface area contributed by atoms with Crippen molar-refractivity contribution in [2.45, 2.75) is 6.61 Å². The second kappa shape index (κ2) is 11.3. The van der Waals surface area contributed by atoms with Crippen LogP contribution in [0.4, 0.5) is 10.1 Å². The zero-order valence-electron chi connectivity index (χ0n) is 16.8. The Morgan fingerprint density at radius 1 is 1.13 bits per heavy atom. The Kier molecular flexibility index (Phi) is 8.22. The number of hydrogen-bond acceptors (Lipinski definition) is 5. The molecular formula is C23H21FIN3O3. The van der Waals surface area contributed by atoms with Crippen molar-refractivity contribution in [3.05, 3.63) is 87.2 Å². The lowest BCUT2D eigenvalue weighted by Gasteiger charge is -2.13. The first-order valence-corrected chi connectivity index (χ1v) is 10.5. The molecule has 0 heterocycles. The summed E-state index contributed by atoms with van der Waals surface area (Å²) in [5.41, 5.74) is 4.90. The predicted octanol–water partition coefficient (Wildman–Crippen LogP) is 4.58. The van der Waals surface area contributed by atoms with Crippen molar-refractivity contribution in [2.24, 2.45) is 5.10 Å². The number of amides is 1. The molecule has 0 radical (unpaired) electrons. The summed E-state index contributed by atoms with van der Waals surface area (Å²) in [5.74, 6) is 0.566. The number of methoxy groups -OCH3 is 1. The lowest BCUT2D eigenvalue weighted by molar-refractivity contribution is -0.119. The van der Waals surface area contributed by atoms with Gasteiger partial charge in [-0.1, -0.05) is 30.3 Å². The zero-order valence-corrected chi connectivity index (χ0v) is 18.9. The van der Waals surface area contributed by atoms with Crippen LogP contribution in [-0.2, 0) is 11.4 Å². The van der Waals surface area contributed by atoms with Gasteiger partial charge in [-0.2, -0.15) is 5.10 Å². The molecule has 8 heteroatoms. The average molecular weight is 533 g/mol. The Bertz CT molecular complexity index is 1040. The van der Waals surface area contributed by atoms with Gasteiger partial charge in [-0.05, 0) is 70.1 Å². The second-order valence-electron chi connectivity index (χ2n) is 6.46. The number of ether oxygens (including phenoxy) is 2. The SMILES string of the molecule is COc1cc(/C=N\NC(=O)CNc2ccc(F)cc2)cc(I)c1OCc1ccccc1. The van der Waals surface area contributed by atoms with Crippen LogP contribution in [0.2, 0.25) is 0 Å². The monoisotopic (exact) mass is 533 g/mol. The quantitative estimate of drug-likeness (QED) is 0.240. The summed E-state index contributed by atoms with van der Waals surface area (Å²) in [4.78, 5) is 11.9. The maximum atomic E-state index is 12.9. The van der Waals surface area contributed by atoms with E-state index in [1.807, 2.05) is 36.4 Å². The third-order valence-corrected chi connectivity index (χ3v) is 4.98. The van der Waals surface area contributed by atoms with Gasteiger partial charge < -0.3 is 14.8 Å². The molecule has 31 heavy (non-hydrogen) atoms. The summed E-state index contributed by atoms with van der Waals surface area (Å²) in [5, 5.41) is 6.88. The lowest BCUT2D eigenvalue weighted by Crippen LogP contribution is -2.25. The molecule has 160 valence electrons. The van der Waals surface area contributed by atoms with Crippen molar-refractivity contribution >= 4 is 40.4 Å². The smallest absolute Gasteiger partial charge is 0.259 e. The molecule has 0 saturated carbocycles. The molecule has 0 unspecified atom stereocenters. The van der Waals surface area contributed by atoms with Gasteiger partial charge in [-0.3, -0.25) is 4.79 Å². The summed E-state index contributed by atoms with van der Waals surface area (Å²) in [7, 11) is 1.57. The van der Waals surface area contributed by atoms with Gasteiger partial charge in [0.05, 0.1) is 23.4 Å². The standard InChI is InChI=1S/C23H21FIN3O3/c1-30-21-12-17(11-20(25)23(21)31-15-16-5-3-2-4-6-16)13-27-28-22(29)14-26-19-9-7-18(24)8-10-19/h2-13,26H,14-15H2,1H3,(H,28,29)/b27-13-.